The molecule has 1 heterocycles. The largest absolute Gasteiger partial charge is 0.311 e. The van der Waals surface area contributed by atoms with E-state index in [0.29, 0.717) is 13.0 Å². The van der Waals surface area contributed by atoms with Crippen LogP contribution in [0.3, 0.4) is 0 Å². The van der Waals surface area contributed by atoms with E-state index >= 15 is 0 Å². The number of anilines is 1. The number of nitrogens with zero attached hydrogens (tertiary/aromatic N) is 1. The minimum absolute atomic E-state index is 0.0438. The molecule has 1 aromatic rings. The highest BCUT2D eigenvalue weighted by Crippen LogP contribution is 2.26. The smallest absolute Gasteiger partial charge is 0.228 e. The Morgan fingerprint density at radius 1 is 1.40 bits per heavy atom. The summed E-state index contributed by atoms with van der Waals surface area (Å²) in [5.41, 5.74) is 0.945. The molecule has 1 unspecified atom stereocenters. The quantitative estimate of drug-likeness (QED) is 0.586. The third kappa shape index (κ3) is 2.29. The zero-order valence-electron chi connectivity index (χ0n) is 8.44. The molecule has 0 bridgehead atoms. The number of alkyl halides is 1. The van der Waals surface area contributed by atoms with Crippen LogP contribution in [0.1, 0.15) is 6.42 Å². The second-order valence-electron chi connectivity index (χ2n) is 3.50. The van der Waals surface area contributed by atoms with Gasteiger partial charge in [0.05, 0.1) is 5.38 Å². The SMILES string of the molecule is CSc1ccc(N2CC(Cl)CC2=O)cc1. The number of rotatable bonds is 2. The minimum Gasteiger partial charge on any atom is -0.311 e. The predicted molar refractivity (Wildman–Crippen MR) is 64.8 cm³/mol. The summed E-state index contributed by atoms with van der Waals surface area (Å²) in [4.78, 5) is 14.5. The van der Waals surface area contributed by atoms with Gasteiger partial charge in [0.25, 0.3) is 0 Å². The lowest BCUT2D eigenvalue weighted by Gasteiger charge is -2.15. The average Bonchev–Trinajstić information content (AvgIpc) is 2.58. The van der Waals surface area contributed by atoms with E-state index < -0.39 is 0 Å². The van der Waals surface area contributed by atoms with Crippen LogP contribution in [0.15, 0.2) is 29.2 Å². The van der Waals surface area contributed by atoms with Gasteiger partial charge in [-0.1, -0.05) is 0 Å². The van der Waals surface area contributed by atoms with Gasteiger partial charge in [0.15, 0.2) is 0 Å². The molecular formula is C11H12ClNOS. The first kappa shape index (κ1) is 10.8. The predicted octanol–water partition coefficient (Wildman–Crippen LogP) is 2.75. The lowest BCUT2D eigenvalue weighted by Crippen LogP contribution is -2.24. The van der Waals surface area contributed by atoms with E-state index in [1.54, 1.807) is 16.7 Å². The van der Waals surface area contributed by atoms with Gasteiger partial charge in [0.2, 0.25) is 5.91 Å². The first-order chi connectivity index (χ1) is 7.20. The van der Waals surface area contributed by atoms with Crippen molar-refractivity contribution in [3.63, 3.8) is 0 Å². The van der Waals surface area contributed by atoms with Crippen molar-refractivity contribution in [2.45, 2.75) is 16.7 Å². The van der Waals surface area contributed by atoms with Gasteiger partial charge in [-0.2, -0.15) is 0 Å². The van der Waals surface area contributed by atoms with Crippen LogP contribution >= 0.6 is 23.4 Å². The normalized spacial score (nSPS) is 21.1. The fourth-order valence-corrected chi connectivity index (χ4v) is 2.35. The van der Waals surface area contributed by atoms with Crippen LogP contribution in [0.5, 0.6) is 0 Å². The van der Waals surface area contributed by atoms with Gasteiger partial charge >= 0.3 is 0 Å². The van der Waals surface area contributed by atoms with Crippen LogP contribution in [0.25, 0.3) is 0 Å². The number of benzene rings is 1. The lowest BCUT2D eigenvalue weighted by molar-refractivity contribution is -0.117. The van der Waals surface area contributed by atoms with Crippen LogP contribution in [0.4, 0.5) is 5.69 Å². The number of carbonyl (C=O) groups is 1. The van der Waals surface area contributed by atoms with E-state index in [2.05, 4.69) is 0 Å². The standard InChI is InChI=1S/C11H12ClNOS/c1-15-10-4-2-9(3-5-10)13-7-8(12)6-11(13)14/h2-5,8H,6-7H2,1H3. The molecule has 0 saturated carbocycles. The number of hydrogen-bond donors (Lipinski definition) is 0. The van der Waals surface area contributed by atoms with Crippen LogP contribution in [0.2, 0.25) is 0 Å². The Balaban J connectivity index is 2.19. The van der Waals surface area contributed by atoms with E-state index in [1.807, 2.05) is 30.5 Å². The van der Waals surface area contributed by atoms with Crippen molar-refractivity contribution in [1.29, 1.82) is 0 Å². The fourth-order valence-electron chi connectivity index (χ4n) is 1.68. The molecule has 0 aliphatic carbocycles. The number of halogens is 1. The molecule has 2 rings (SSSR count). The summed E-state index contributed by atoms with van der Waals surface area (Å²) in [6, 6.07) is 7.99. The highest BCUT2D eigenvalue weighted by atomic mass is 35.5. The molecule has 0 N–H and O–H groups in total. The van der Waals surface area contributed by atoms with Crippen molar-refractivity contribution in [1.82, 2.24) is 0 Å². The summed E-state index contributed by atoms with van der Waals surface area (Å²) < 4.78 is 0. The molecule has 1 atom stereocenters. The highest BCUT2D eigenvalue weighted by molar-refractivity contribution is 7.98. The van der Waals surface area contributed by atoms with Crippen LogP contribution in [0, 0.1) is 0 Å². The van der Waals surface area contributed by atoms with E-state index in [-0.39, 0.29) is 11.3 Å². The molecule has 1 aromatic carbocycles. The van der Waals surface area contributed by atoms with Crippen molar-refractivity contribution in [3.05, 3.63) is 24.3 Å². The Hall–Kier alpha value is -0.670. The van der Waals surface area contributed by atoms with E-state index in [9.17, 15) is 4.79 Å². The summed E-state index contributed by atoms with van der Waals surface area (Å²) in [6.45, 7) is 0.624. The molecule has 2 nitrogen and oxygen atoms in total. The Labute approximate surface area is 98.6 Å². The van der Waals surface area contributed by atoms with Gasteiger partial charge in [-0.25, -0.2) is 0 Å². The number of amides is 1. The number of thioether (sulfide) groups is 1. The van der Waals surface area contributed by atoms with Gasteiger partial charge in [0, 0.05) is 23.5 Å². The van der Waals surface area contributed by atoms with Gasteiger partial charge in [0.1, 0.15) is 0 Å². The summed E-state index contributed by atoms with van der Waals surface area (Å²) in [7, 11) is 0. The average molecular weight is 242 g/mol. The van der Waals surface area contributed by atoms with Crippen molar-refractivity contribution in [3.8, 4) is 0 Å². The second kappa shape index (κ2) is 4.45. The maximum Gasteiger partial charge on any atom is 0.228 e. The third-order valence-corrected chi connectivity index (χ3v) is 3.50. The molecule has 1 aliphatic rings. The van der Waals surface area contributed by atoms with Gasteiger partial charge in [-0.15, -0.1) is 23.4 Å². The molecule has 4 heteroatoms. The molecule has 1 amide bonds. The van der Waals surface area contributed by atoms with E-state index in [4.69, 9.17) is 11.6 Å². The molecule has 0 radical (unpaired) electrons. The van der Waals surface area contributed by atoms with Gasteiger partial charge in [-0.05, 0) is 30.5 Å². The number of carbonyl (C=O) groups excluding carboxylic acids is 1. The Kier molecular flexibility index (Phi) is 3.22. The molecule has 1 aliphatic heterocycles. The first-order valence-electron chi connectivity index (χ1n) is 4.79. The maximum absolute atomic E-state index is 11.6. The molecular weight excluding hydrogens is 230 g/mol. The third-order valence-electron chi connectivity index (χ3n) is 2.46. The summed E-state index contributed by atoms with van der Waals surface area (Å²) in [6.07, 6.45) is 2.48. The van der Waals surface area contributed by atoms with Crippen molar-refractivity contribution >= 4 is 35.0 Å². The van der Waals surface area contributed by atoms with E-state index in [0.717, 1.165) is 5.69 Å². The van der Waals surface area contributed by atoms with Gasteiger partial charge < -0.3 is 4.90 Å². The highest BCUT2D eigenvalue weighted by Gasteiger charge is 2.28. The maximum atomic E-state index is 11.6. The Bertz CT molecular complexity index is 365. The van der Waals surface area contributed by atoms with Gasteiger partial charge in [-0.3, -0.25) is 4.79 Å². The van der Waals surface area contributed by atoms with Crippen molar-refractivity contribution in [2.24, 2.45) is 0 Å². The zero-order chi connectivity index (χ0) is 10.8. The lowest BCUT2D eigenvalue weighted by atomic mass is 10.3. The molecule has 15 heavy (non-hydrogen) atoms. The molecule has 1 fully saturated rings. The summed E-state index contributed by atoms with van der Waals surface area (Å²) in [5, 5.41) is -0.0438. The van der Waals surface area contributed by atoms with Crippen LogP contribution in [-0.2, 0) is 4.79 Å². The van der Waals surface area contributed by atoms with Crippen molar-refractivity contribution < 1.29 is 4.79 Å². The topological polar surface area (TPSA) is 20.3 Å². The van der Waals surface area contributed by atoms with Crippen molar-refractivity contribution in [2.75, 3.05) is 17.7 Å². The Morgan fingerprint density at radius 2 is 2.07 bits per heavy atom. The second-order valence-corrected chi connectivity index (χ2v) is 5.00. The Morgan fingerprint density at radius 3 is 2.53 bits per heavy atom. The number of hydrogen-bond acceptors (Lipinski definition) is 2. The zero-order valence-corrected chi connectivity index (χ0v) is 10.0. The molecule has 0 spiro atoms. The molecule has 0 aromatic heterocycles. The van der Waals surface area contributed by atoms with Crippen LogP contribution < -0.4 is 4.90 Å². The van der Waals surface area contributed by atoms with E-state index in [1.165, 1.54) is 4.90 Å². The molecule has 80 valence electrons. The monoisotopic (exact) mass is 241 g/mol. The minimum atomic E-state index is -0.0438. The fraction of sp³-hybridized carbons (Fsp3) is 0.364. The summed E-state index contributed by atoms with van der Waals surface area (Å²) in [5.74, 6) is 0.118. The van der Waals surface area contributed by atoms with Crippen LogP contribution in [-0.4, -0.2) is 24.1 Å². The summed E-state index contributed by atoms with van der Waals surface area (Å²) >= 11 is 7.64. The molecule has 1 saturated heterocycles. The first-order valence-corrected chi connectivity index (χ1v) is 6.45.